The van der Waals surface area contributed by atoms with E-state index in [2.05, 4.69) is 43.5 Å². The number of aryl methyl sites for hydroxylation is 1. The molecular weight excluding hydrogens is 437 g/mol. The van der Waals surface area contributed by atoms with Gasteiger partial charge in [0.05, 0.1) is 18.4 Å². The van der Waals surface area contributed by atoms with Crippen LogP contribution in [0, 0.1) is 3.57 Å². The molecule has 20 heavy (non-hydrogen) atoms. The number of carbonyl (C=O) groups excluding carboxylic acids is 1. The van der Waals surface area contributed by atoms with Crippen LogP contribution in [0.5, 0.6) is 0 Å². The van der Waals surface area contributed by atoms with E-state index in [1.165, 1.54) is 7.11 Å². The van der Waals surface area contributed by atoms with E-state index in [9.17, 15) is 4.79 Å². The van der Waals surface area contributed by atoms with E-state index in [-0.39, 0.29) is 5.76 Å². The summed E-state index contributed by atoms with van der Waals surface area (Å²) in [4.78, 5) is 16.2. The topological polar surface area (TPSA) is 52.3 Å². The van der Waals surface area contributed by atoms with E-state index in [1.54, 1.807) is 0 Å². The van der Waals surface area contributed by atoms with Gasteiger partial charge in [-0.05, 0) is 47.2 Å². The first kappa shape index (κ1) is 15.5. The molecule has 1 aromatic carbocycles. The molecule has 0 amide bonds. The molecule has 0 aliphatic heterocycles. The molecular formula is C14H13BrINO3. The lowest BCUT2D eigenvalue weighted by Crippen LogP contribution is -2.03. The zero-order valence-corrected chi connectivity index (χ0v) is 14.8. The first-order chi connectivity index (χ1) is 9.56. The van der Waals surface area contributed by atoms with Crippen LogP contribution in [0.4, 0.5) is 0 Å². The van der Waals surface area contributed by atoms with Gasteiger partial charge in [0.25, 0.3) is 0 Å². The van der Waals surface area contributed by atoms with Gasteiger partial charge in [-0.3, -0.25) is 0 Å². The first-order valence-electron chi connectivity index (χ1n) is 6.10. The first-order valence-corrected chi connectivity index (χ1v) is 7.97. The number of aromatic nitrogens is 1. The Morgan fingerprint density at radius 3 is 2.90 bits per heavy atom. The predicted octanol–water partition coefficient (Wildman–Crippen LogP) is 4.45. The Kier molecular flexibility index (Phi) is 5.20. The molecule has 0 radical (unpaired) electrons. The minimum atomic E-state index is -0.489. The lowest BCUT2D eigenvalue weighted by Gasteiger charge is -2.00. The largest absolute Gasteiger partial charge is 0.463 e. The average Bonchev–Trinajstić information content (AvgIpc) is 2.85. The highest BCUT2D eigenvalue weighted by atomic mass is 127. The van der Waals surface area contributed by atoms with E-state index >= 15 is 0 Å². The van der Waals surface area contributed by atoms with Crippen molar-refractivity contribution < 1.29 is 13.9 Å². The van der Waals surface area contributed by atoms with Gasteiger partial charge in [-0.15, -0.1) is 0 Å². The number of benzene rings is 1. The highest BCUT2D eigenvalue weighted by Gasteiger charge is 2.22. The molecule has 0 saturated carbocycles. The van der Waals surface area contributed by atoms with Crippen LogP contribution in [-0.2, 0) is 11.2 Å². The standard InChI is InChI=1S/C14H13BrINO3/c1-3-4-11-12(14(18)19-2)20-13(17-11)9-7-8(15)5-6-10(9)16/h5-7H,3-4H2,1-2H3. The maximum Gasteiger partial charge on any atom is 0.376 e. The van der Waals surface area contributed by atoms with Crippen molar-refractivity contribution in [2.24, 2.45) is 0 Å². The van der Waals surface area contributed by atoms with Gasteiger partial charge < -0.3 is 9.15 Å². The van der Waals surface area contributed by atoms with Crippen molar-refractivity contribution in [3.05, 3.63) is 37.7 Å². The number of esters is 1. The molecule has 106 valence electrons. The third-order valence-electron chi connectivity index (χ3n) is 2.71. The Balaban J connectivity index is 2.52. The quantitative estimate of drug-likeness (QED) is 0.511. The van der Waals surface area contributed by atoms with Gasteiger partial charge in [-0.25, -0.2) is 9.78 Å². The molecule has 0 fully saturated rings. The summed E-state index contributed by atoms with van der Waals surface area (Å²) in [5, 5.41) is 0. The Morgan fingerprint density at radius 2 is 2.25 bits per heavy atom. The van der Waals surface area contributed by atoms with Gasteiger partial charge >= 0.3 is 5.97 Å². The molecule has 1 heterocycles. The maximum absolute atomic E-state index is 11.7. The molecule has 0 bridgehead atoms. The van der Waals surface area contributed by atoms with Crippen molar-refractivity contribution in [1.29, 1.82) is 0 Å². The van der Waals surface area contributed by atoms with Gasteiger partial charge in [0, 0.05) is 8.04 Å². The lowest BCUT2D eigenvalue weighted by molar-refractivity contribution is 0.0564. The minimum Gasteiger partial charge on any atom is -0.463 e. The molecule has 0 saturated heterocycles. The third-order valence-corrected chi connectivity index (χ3v) is 4.15. The third kappa shape index (κ3) is 3.22. The molecule has 1 aromatic heterocycles. The van der Waals surface area contributed by atoms with Crippen molar-refractivity contribution in [3.8, 4) is 11.5 Å². The van der Waals surface area contributed by atoms with Crippen LogP contribution in [-0.4, -0.2) is 18.1 Å². The molecule has 0 N–H and O–H groups in total. The lowest BCUT2D eigenvalue weighted by atomic mass is 10.2. The second-order valence-electron chi connectivity index (χ2n) is 4.16. The van der Waals surface area contributed by atoms with E-state index in [1.807, 2.05) is 25.1 Å². The number of hydrogen-bond donors (Lipinski definition) is 0. The molecule has 2 rings (SSSR count). The summed E-state index contributed by atoms with van der Waals surface area (Å²) in [5.74, 6) is 0.150. The molecule has 0 atom stereocenters. The molecule has 0 aliphatic carbocycles. The monoisotopic (exact) mass is 449 g/mol. The number of ether oxygens (including phenoxy) is 1. The Labute approximate surface area is 139 Å². The Hall–Kier alpha value is -0.890. The summed E-state index contributed by atoms with van der Waals surface area (Å²) in [6.45, 7) is 2.03. The molecule has 2 aromatic rings. The summed E-state index contributed by atoms with van der Waals surface area (Å²) < 4.78 is 12.3. The average molecular weight is 450 g/mol. The molecule has 0 unspecified atom stereocenters. The zero-order chi connectivity index (χ0) is 14.7. The van der Waals surface area contributed by atoms with Crippen LogP contribution in [0.25, 0.3) is 11.5 Å². The van der Waals surface area contributed by atoms with Crippen molar-refractivity contribution in [2.75, 3.05) is 7.11 Å². The number of methoxy groups -OCH3 is 1. The summed E-state index contributed by atoms with van der Waals surface area (Å²) in [5.41, 5.74) is 1.50. The van der Waals surface area contributed by atoms with E-state index < -0.39 is 5.97 Å². The molecule has 4 nitrogen and oxygen atoms in total. The van der Waals surface area contributed by atoms with E-state index in [0.717, 1.165) is 20.0 Å². The normalized spacial score (nSPS) is 10.6. The summed E-state index contributed by atoms with van der Waals surface area (Å²) in [7, 11) is 1.34. The number of nitrogens with zero attached hydrogens (tertiary/aromatic N) is 1. The number of rotatable bonds is 4. The van der Waals surface area contributed by atoms with Gasteiger partial charge in [0.2, 0.25) is 11.7 Å². The van der Waals surface area contributed by atoms with Gasteiger partial charge in [-0.1, -0.05) is 29.3 Å². The SMILES string of the molecule is CCCc1nc(-c2cc(Br)ccc2I)oc1C(=O)OC. The van der Waals surface area contributed by atoms with E-state index in [4.69, 9.17) is 9.15 Å². The van der Waals surface area contributed by atoms with Crippen LogP contribution in [0.15, 0.2) is 27.1 Å². The zero-order valence-electron chi connectivity index (χ0n) is 11.1. The molecule has 0 spiro atoms. The second-order valence-corrected chi connectivity index (χ2v) is 6.24. The van der Waals surface area contributed by atoms with Crippen molar-refractivity contribution in [3.63, 3.8) is 0 Å². The smallest absolute Gasteiger partial charge is 0.376 e. The number of carbonyl (C=O) groups is 1. The van der Waals surface area contributed by atoms with E-state index in [0.29, 0.717) is 18.0 Å². The summed E-state index contributed by atoms with van der Waals surface area (Å²) in [6.07, 6.45) is 1.56. The van der Waals surface area contributed by atoms with Crippen LogP contribution in [0.3, 0.4) is 0 Å². The Bertz CT molecular complexity index is 639. The van der Waals surface area contributed by atoms with Gasteiger partial charge in [0.15, 0.2) is 0 Å². The highest BCUT2D eigenvalue weighted by molar-refractivity contribution is 14.1. The predicted molar refractivity (Wildman–Crippen MR) is 87.7 cm³/mol. The fraction of sp³-hybridized carbons (Fsp3) is 0.286. The van der Waals surface area contributed by atoms with Gasteiger partial charge in [-0.2, -0.15) is 0 Å². The number of oxazole rings is 1. The molecule has 0 aliphatic rings. The van der Waals surface area contributed by atoms with Crippen molar-refractivity contribution in [1.82, 2.24) is 4.98 Å². The maximum atomic E-state index is 11.7. The van der Waals surface area contributed by atoms with Crippen molar-refractivity contribution >= 4 is 44.5 Å². The van der Waals surface area contributed by atoms with Gasteiger partial charge in [0.1, 0.15) is 0 Å². The van der Waals surface area contributed by atoms with Crippen LogP contribution in [0.1, 0.15) is 29.6 Å². The molecule has 6 heteroatoms. The van der Waals surface area contributed by atoms with Crippen LogP contribution in [0.2, 0.25) is 0 Å². The summed E-state index contributed by atoms with van der Waals surface area (Å²) in [6, 6.07) is 5.83. The van der Waals surface area contributed by atoms with Crippen molar-refractivity contribution in [2.45, 2.75) is 19.8 Å². The minimum absolute atomic E-state index is 0.195. The van der Waals surface area contributed by atoms with Crippen LogP contribution < -0.4 is 0 Å². The Morgan fingerprint density at radius 1 is 1.50 bits per heavy atom. The second kappa shape index (κ2) is 6.71. The summed E-state index contributed by atoms with van der Waals surface area (Å²) >= 11 is 5.64. The number of halogens is 2. The fourth-order valence-electron chi connectivity index (χ4n) is 1.79. The fourth-order valence-corrected chi connectivity index (χ4v) is 2.71. The number of hydrogen-bond acceptors (Lipinski definition) is 4. The van der Waals surface area contributed by atoms with Crippen LogP contribution >= 0.6 is 38.5 Å². The highest BCUT2D eigenvalue weighted by Crippen LogP contribution is 2.30.